The van der Waals surface area contributed by atoms with E-state index in [-0.39, 0.29) is 5.41 Å². The summed E-state index contributed by atoms with van der Waals surface area (Å²) in [6, 6.07) is 46.2. The fourth-order valence-corrected chi connectivity index (χ4v) is 15.3. The Morgan fingerprint density at radius 2 is 0.667 bits per heavy atom. The van der Waals surface area contributed by atoms with Crippen molar-refractivity contribution in [1.82, 2.24) is 0 Å². The molecule has 4 aromatic heterocycles. The third-order valence-electron chi connectivity index (χ3n) is 16.5. The quantitative estimate of drug-likeness (QED) is 0.0906. The van der Waals surface area contributed by atoms with Crippen LogP contribution in [0.3, 0.4) is 0 Å². The molecule has 0 fully saturated rings. The molecular weight excluding hydrogens is 1080 g/mol. The van der Waals surface area contributed by atoms with Gasteiger partial charge in [-0.25, -0.2) is 18.3 Å². The van der Waals surface area contributed by atoms with E-state index in [1.807, 2.05) is 0 Å². The molecule has 0 amide bonds. The molecule has 0 spiro atoms. The fourth-order valence-electron chi connectivity index (χ4n) is 10.7. The monoisotopic (exact) mass is 1190 g/mol. The highest BCUT2D eigenvalue weighted by Gasteiger charge is 2.26. The smallest absolute Gasteiger partial charge is 0.201 e. The van der Waals surface area contributed by atoms with Crippen molar-refractivity contribution >= 4 is 53.0 Å². The van der Waals surface area contributed by atoms with Gasteiger partial charge in [-0.15, -0.1) is 0 Å². The van der Waals surface area contributed by atoms with E-state index in [2.05, 4.69) is 354 Å². The van der Waals surface area contributed by atoms with Crippen molar-refractivity contribution in [3.63, 3.8) is 0 Å². The van der Waals surface area contributed by atoms with Gasteiger partial charge in [-0.3, -0.25) is 0 Å². The van der Waals surface area contributed by atoms with E-state index in [1.54, 1.807) is 0 Å². The predicted octanol–water partition coefficient (Wildman–Crippen LogP) is 16.1. The van der Waals surface area contributed by atoms with Crippen LogP contribution in [0.25, 0.3) is 45.0 Å². The number of hydrogen-bond acceptors (Lipinski definition) is 0. The second kappa shape index (κ2) is 27.8. The Morgan fingerprint density at radius 1 is 0.357 bits per heavy atom. The molecule has 0 aliphatic heterocycles. The van der Waals surface area contributed by atoms with Gasteiger partial charge < -0.3 is 0 Å². The van der Waals surface area contributed by atoms with Crippen LogP contribution < -0.4 is 39.0 Å². The van der Waals surface area contributed by atoms with Crippen molar-refractivity contribution < 1.29 is 18.3 Å². The van der Waals surface area contributed by atoms with Gasteiger partial charge >= 0.3 is 0 Å². The standard InChI is InChI=1S/2C20H30NSi.C19H28NSi.C17H24NSi/c1-15-13-16(20(2,3)4)9-10-18(15)19-14-17(22(6,7)8)11-12-21(19)5;1-15(2)12-17-8-9-19(16(3)13-17)20-14-18(22(5,6)7)10-11-21(20)4;1-14(2)16-8-9-18(15(3)12-16)19-13-17(21(5,6)7)10-11-20(19)4;1-13-7-8-16(14(2)11-13)17-12-15(19(4,5)6)9-10-18(17)3/h9-14H,1-8H3;8-11,13-15H,12H2,1-7H3;8-14H,1-7H3;7-12H,1-6H3/q4*+1. The van der Waals surface area contributed by atoms with Crippen LogP contribution in [0.2, 0.25) is 78.6 Å². The second-order valence-corrected chi connectivity index (χ2v) is 50.5. The van der Waals surface area contributed by atoms with Crippen LogP contribution in [-0.4, -0.2) is 32.3 Å². The molecule has 84 heavy (non-hydrogen) atoms. The first-order valence-corrected chi connectivity index (χ1v) is 45.1. The van der Waals surface area contributed by atoms with Gasteiger partial charge in [0.05, 0.1) is 32.3 Å². The summed E-state index contributed by atoms with van der Waals surface area (Å²) >= 11 is 0. The van der Waals surface area contributed by atoms with Crippen LogP contribution >= 0.6 is 0 Å². The van der Waals surface area contributed by atoms with Gasteiger partial charge in [-0.05, 0) is 142 Å². The zero-order chi connectivity index (χ0) is 63.2. The van der Waals surface area contributed by atoms with E-state index in [0.717, 1.165) is 6.42 Å². The van der Waals surface area contributed by atoms with E-state index < -0.39 is 32.3 Å². The number of benzene rings is 4. The summed E-state index contributed by atoms with van der Waals surface area (Å²) in [5.74, 6) is 1.29. The lowest BCUT2D eigenvalue weighted by Gasteiger charge is -2.21. The molecule has 0 saturated carbocycles. The Hall–Kier alpha value is -5.65. The fraction of sp³-hybridized carbons (Fsp3) is 0.421. The second-order valence-electron chi connectivity index (χ2n) is 30.2. The first-order valence-electron chi connectivity index (χ1n) is 31.1. The Kier molecular flexibility index (Phi) is 22.9. The molecule has 0 N–H and O–H groups in total. The Labute approximate surface area is 517 Å². The normalized spacial score (nSPS) is 12.1. The molecule has 448 valence electrons. The molecule has 0 unspecified atom stereocenters. The topological polar surface area (TPSA) is 15.5 Å². The summed E-state index contributed by atoms with van der Waals surface area (Å²) < 4.78 is 8.94. The van der Waals surface area contributed by atoms with Crippen LogP contribution in [0.4, 0.5) is 0 Å². The van der Waals surface area contributed by atoms with E-state index in [9.17, 15) is 0 Å². The molecule has 0 bridgehead atoms. The van der Waals surface area contributed by atoms with E-state index >= 15 is 0 Å². The molecule has 0 atom stereocenters. The number of nitrogens with zero attached hydrogens (tertiary/aromatic N) is 4. The summed E-state index contributed by atoms with van der Waals surface area (Å²) in [6.07, 6.45) is 9.98. The SMILES string of the molecule is Cc1cc(C(C)(C)C)ccc1-c1cc([Si](C)(C)C)cc[n+]1C.Cc1cc(C(C)C)ccc1-c1cc([Si](C)(C)C)cc[n+]1C.Cc1cc(CC(C)C)ccc1-c1cc([Si](C)(C)C)cc[n+]1C.Cc1ccc(-c2cc([Si](C)(C)C)cc[n+]2C)c(C)c1. The van der Waals surface area contributed by atoms with Gasteiger partial charge in [0.2, 0.25) is 22.8 Å². The van der Waals surface area contributed by atoms with E-state index in [0.29, 0.717) is 11.8 Å². The third-order valence-corrected chi connectivity index (χ3v) is 24.7. The lowest BCUT2D eigenvalue weighted by Crippen LogP contribution is -2.42. The van der Waals surface area contributed by atoms with Crippen LogP contribution in [-0.2, 0) is 40.0 Å². The molecule has 8 rings (SSSR count). The number of rotatable bonds is 11. The molecular formula is C76H112N4Si4+4. The minimum atomic E-state index is -1.29. The summed E-state index contributed by atoms with van der Waals surface area (Å²) in [7, 11) is 3.43. The Morgan fingerprint density at radius 3 is 0.952 bits per heavy atom. The summed E-state index contributed by atoms with van der Waals surface area (Å²) in [5.41, 5.74) is 21.9. The van der Waals surface area contributed by atoms with Crippen LogP contribution in [0.15, 0.2) is 146 Å². The van der Waals surface area contributed by atoms with E-state index in [4.69, 9.17) is 0 Å². The van der Waals surface area contributed by atoms with Crippen LogP contribution in [0.5, 0.6) is 0 Å². The maximum atomic E-state index is 2.41. The highest BCUT2D eigenvalue weighted by atomic mass is 28.3. The van der Waals surface area contributed by atoms with Crippen LogP contribution in [0, 0.1) is 40.5 Å². The molecule has 8 heteroatoms. The van der Waals surface area contributed by atoms with Gasteiger partial charge in [0.15, 0.2) is 24.8 Å². The zero-order valence-electron chi connectivity index (χ0n) is 58.0. The van der Waals surface area contributed by atoms with Crippen molar-refractivity contribution in [3.05, 3.63) is 191 Å². The molecule has 0 saturated heterocycles. The maximum absolute atomic E-state index is 2.41. The van der Waals surface area contributed by atoms with Crippen molar-refractivity contribution in [3.8, 4) is 45.0 Å². The van der Waals surface area contributed by atoms with Crippen LogP contribution in [0.1, 0.15) is 98.9 Å². The largest absolute Gasteiger partial charge is 0.212 e. The molecule has 4 nitrogen and oxygen atoms in total. The van der Waals surface area contributed by atoms with Gasteiger partial charge in [0, 0.05) is 70.8 Å². The Bertz CT molecular complexity index is 3550. The number of aromatic nitrogens is 4. The lowest BCUT2D eigenvalue weighted by atomic mass is 9.85. The lowest BCUT2D eigenvalue weighted by molar-refractivity contribution is -0.660. The molecule has 4 heterocycles. The summed E-state index contributed by atoms with van der Waals surface area (Å²) in [6.45, 7) is 55.7. The maximum Gasteiger partial charge on any atom is 0.212 e. The average molecular weight is 1190 g/mol. The number of pyridine rings is 4. The van der Waals surface area contributed by atoms with Crippen molar-refractivity contribution in [2.45, 2.75) is 179 Å². The van der Waals surface area contributed by atoms with Crippen molar-refractivity contribution in [2.24, 2.45) is 34.1 Å². The first-order chi connectivity index (χ1) is 38.7. The van der Waals surface area contributed by atoms with Gasteiger partial charge in [0.1, 0.15) is 28.2 Å². The summed E-state index contributed by atoms with van der Waals surface area (Å²) in [5, 5.41) is 6.06. The highest BCUT2D eigenvalue weighted by molar-refractivity contribution is 6.90. The first kappa shape index (κ1) is 69.1. The van der Waals surface area contributed by atoms with Crippen molar-refractivity contribution in [2.75, 3.05) is 0 Å². The predicted molar refractivity (Wildman–Crippen MR) is 379 cm³/mol. The number of aryl methyl sites for hydroxylation is 9. The summed E-state index contributed by atoms with van der Waals surface area (Å²) in [4.78, 5) is 0. The Balaban J connectivity index is 0.000000205. The van der Waals surface area contributed by atoms with Crippen molar-refractivity contribution in [1.29, 1.82) is 0 Å². The molecule has 0 aliphatic carbocycles. The molecule has 8 aromatic rings. The average Bonchev–Trinajstić information content (AvgIpc) is 3.39. The minimum Gasteiger partial charge on any atom is -0.201 e. The minimum absolute atomic E-state index is 0.200. The van der Waals surface area contributed by atoms with E-state index in [1.165, 1.54) is 110 Å². The molecule has 0 radical (unpaired) electrons. The molecule has 4 aromatic carbocycles. The zero-order valence-corrected chi connectivity index (χ0v) is 62.0. The van der Waals surface area contributed by atoms with Gasteiger partial charge in [-0.1, -0.05) is 181 Å². The van der Waals surface area contributed by atoms with Gasteiger partial charge in [-0.2, -0.15) is 0 Å². The molecule has 0 aliphatic rings. The third kappa shape index (κ3) is 18.7. The number of hydrogen-bond donors (Lipinski definition) is 0. The highest BCUT2D eigenvalue weighted by Crippen LogP contribution is 2.30. The van der Waals surface area contributed by atoms with Gasteiger partial charge in [0.25, 0.3) is 0 Å².